The number of rotatable bonds is 8. The topological polar surface area (TPSA) is 124 Å². The third kappa shape index (κ3) is 6.53. The predicted octanol–water partition coefficient (Wildman–Crippen LogP) is 3.41. The Balaban J connectivity index is 1.90. The highest BCUT2D eigenvalue weighted by molar-refractivity contribution is 7.90. The normalized spacial score (nSPS) is 12.0. The van der Waals surface area contributed by atoms with E-state index in [1.165, 1.54) is 60.8 Å². The van der Waals surface area contributed by atoms with Crippen molar-refractivity contribution < 1.29 is 27.5 Å². The number of anilines is 1. The van der Waals surface area contributed by atoms with E-state index in [2.05, 4.69) is 15.6 Å². The van der Waals surface area contributed by atoms with Crippen LogP contribution in [0.1, 0.15) is 23.0 Å². The molecule has 1 aromatic heterocycles. The van der Waals surface area contributed by atoms with Gasteiger partial charge in [-0.2, -0.15) is 0 Å². The van der Waals surface area contributed by atoms with Crippen LogP contribution in [0.2, 0.25) is 0 Å². The number of amides is 2. The molecule has 1 unspecified atom stereocenters. The van der Waals surface area contributed by atoms with Crippen LogP contribution < -0.4 is 20.1 Å². The molecule has 2 aromatic carbocycles. The van der Waals surface area contributed by atoms with Gasteiger partial charge in [0.2, 0.25) is 0 Å². The largest absolute Gasteiger partial charge is 0.481 e. The molecule has 0 saturated carbocycles. The molecule has 0 aliphatic rings. The molecule has 1 heterocycles. The molecule has 3 aromatic rings. The summed E-state index contributed by atoms with van der Waals surface area (Å²) in [4.78, 5) is 29.1. The van der Waals surface area contributed by atoms with Crippen molar-refractivity contribution in [3.05, 3.63) is 59.1 Å². The monoisotopic (exact) mass is 489 g/mol. The Labute approximate surface area is 195 Å². The number of aromatic nitrogens is 1. The average Bonchev–Trinajstić information content (AvgIpc) is 3.17. The molecule has 0 radical (unpaired) electrons. The minimum atomic E-state index is -3.34. The zero-order chi connectivity index (χ0) is 24.2. The summed E-state index contributed by atoms with van der Waals surface area (Å²) >= 11 is 1.30. The van der Waals surface area contributed by atoms with Crippen LogP contribution >= 0.6 is 11.3 Å². The first-order valence-electron chi connectivity index (χ1n) is 9.80. The van der Waals surface area contributed by atoms with Gasteiger partial charge in [0.15, 0.2) is 21.1 Å². The number of carbonyl (C=O) groups is 2. The van der Waals surface area contributed by atoms with Gasteiger partial charge in [-0.05, 0) is 50.2 Å². The van der Waals surface area contributed by atoms with Crippen LogP contribution in [-0.4, -0.2) is 44.6 Å². The molecule has 3 rings (SSSR count). The number of nitrogens with one attached hydrogen (secondary N) is 2. The summed E-state index contributed by atoms with van der Waals surface area (Å²) in [5, 5.41) is 7.48. The van der Waals surface area contributed by atoms with E-state index < -0.39 is 21.8 Å². The van der Waals surface area contributed by atoms with Crippen molar-refractivity contribution in [1.29, 1.82) is 0 Å². The summed E-state index contributed by atoms with van der Waals surface area (Å²) in [6, 6.07) is 10.4. The van der Waals surface area contributed by atoms with Crippen molar-refractivity contribution in [2.45, 2.75) is 24.8 Å². The highest BCUT2D eigenvalue weighted by atomic mass is 32.2. The SMILES string of the molecule is CNC(=O)C(C)Oc1cc(Oc2ccc(S(C)(=O)=O)cc2)cc(C(=O)Nc2nc(C)cs2)c1. The molecule has 33 heavy (non-hydrogen) atoms. The highest BCUT2D eigenvalue weighted by Crippen LogP contribution is 2.29. The fraction of sp³-hybridized carbons (Fsp3) is 0.227. The summed E-state index contributed by atoms with van der Waals surface area (Å²) in [6.07, 6.45) is 0.309. The fourth-order valence-electron chi connectivity index (χ4n) is 2.76. The Morgan fingerprint density at radius 1 is 1.06 bits per heavy atom. The zero-order valence-corrected chi connectivity index (χ0v) is 20.0. The Bertz CT molecular complexity index is 1270. The smallest absolute Gasteiger partial charge is 0.260 e. The van der Waals surface area contributed by atoms with E-state index in [4.69, 9.17) is 9.47 Å². The van der Waals surface area contributed by atoms with Gasteiger partial charge in [-0.25, -0.2) is 13.4 Å². The second kappa shape index (κ2) is 10.0. The molecule has 11 heteroatoms. The minimum absolute atomic E-state index is 0.158. The summed E-state index contributed by atoms with van der Waals surface area (Å²) in [5.74, 6) is 0.114. The summed E-state index contributed by atoms with van der Waals surface area (Å²) in [6.45, 7) is 3.40. The molecular weight excluding hydrogens is 466 g/mol. The second-order valence-electron chi connectivity index (χ2n) is 7.16. The van der Waals surface area contributed by atoms with E-state index in [0.717, 1.165) is 11.9 Å². The van der Waals surface area contributed by atoms with Crippen LogP contribution in [0, 0.1) is 6.92 Å². The Morgan fingerprint density at radius 3 is 2.30 bits per heavy atom. The second-order valence-corrected chi connectivity index (χ2v) is 10.0. The van der Waals surface area contributed by atoms with Crippen LogP contribution in [-0.2, 0) is 14.6 Å². The van der Waals surface area contributed by atoms with Gasteiger partial charge in [0, 0.05) is 30.3 Å². The summed E-state index contributed by atoms with van der Waals surface area (Å²) in [5.41, 5.74) is 1.01. The van der Waals surface area contributed by atoms with Gasteiger partial charge >= 0.3 is 0 Å². The first-order chi connectivity index (χ1) is 15.5. The van der Waals surface area contributed by atoms with Gasteiger partial charge in [-0.1, -0.05) is 0 Å². The van der Waals surface area contributed by atoms with Gasteiger partial charge in [0.05, 0.1) is 10.6 Å². The number of carbonyl (C=O) groups excluding carboxylic acids is 2. The standard InChI is InChI=1S/C22H23N3O6S2/c1-13-12-32-22(24-13)25-21(27)15-9-17(30-14(2)20(26)23-3)11-18(10-15)31-16-5-7-19(8-6-16)33(4,28)29/h5-12,14H,1-4H3,(H,23,26)(H,24,25,27). The maximum Gasteiger partial charge on any atom is 0.260 e. The fourth-order valence-corrected chi connectivity index (χ4v) is 4.08. The summed E-state index contributed by atoms with van der Waals surface area (Å²) in [7, 11) is -1.84. The molecular formula is C22H23N3O6S2. The molecule has 9 nitrogen and oxygen atoms in total. The van der Waals surface area contributed by atoms with Crippen LogP contribution in [0.3, 0.4) is 0 Å². The van der Waals surface area contributed by atoms with E-state index in [-0.39, 0.29) is 27.9 Å². The number of nitrogens with zero attached hydrogens (tertiary/aromatic N) is 1. The number of benzene rings is 2. The van der Waals surface area contributed by atoms with E-state index in [1.54, 1.807) is 6.92 Å². The first-order valence-corrected chi connectivity index (χ1v) is 12.6. The van der Waals surface area contributed by atoms with E-state index in [0.29, 0.717) is 10.9 Å². The number of aryl methyl sites for hydroxylation is 1. The number of hydrogen-bond acceptors (Lipinski definition) is 8. The molecule has 0 aliphatic carbocycles. The lowest BCUT2D eigenvalue weighted by molar-refractivity contribution is -0.126. The molecule has 0 aliphatic heterocycles. The van der Waals surface area contributed by atoms with Crippen LogP contribution in [0.25, 0.3) is 0 Å². The van der Waals surface area contributed by atoms with Crippen molar-refractivity contribution in [1.82, 2.24) is 10.3 Å². The number of hydrogen-bond donors (Lipinski definition) is 2. The van der Waals surface area contributed by atoms with Crippen LogP contribution in [0.5, 0.6) is 17.2 Å². The Hall–Kier alpha value is -3.44. The molecule has 2 N–H and O–H groups in total. The van der Waals surface area contributed by atoms with E-state index >= 15 is 0 Å². The third-order valence-electron chi connectivity index (χ3n) is 4.40. The summed E-state index contributed by atoms with van der Waals surface area (Å²) < 4.78 is 34.8. The van der Waals surface area contributed by atoms with Crippen molar-refractivity contribution in [2.24, 2.45) is 0 Å². The maximum absolute atomic E-state index is 12.8. The molecule has 0 fully saturated rings. The Kier molecular flexibility index (Phi) is 7.34. The zero-order valence-electron chi connectivity index (χ0n) is 18.4. The quantitative estimate of drug-likeness (QED) is 0.497. The highest BCUT2D eigenvalue weighted by Gasteiger charge is 2.17. The molecule has 1 atom stereocenters. The van der Waals surface area contributed by atoms with Crippen molar-refractivity contribution in [2.75, 3.05) is 18.6 Å². The van der Waals surface area contributed by atoms with Gasteiger partial charge < -0.3 is 14.8 Å². The van der Waals surface area contributed by atoms with Gasteiger partial charge in [0.25, 0.3) is 11.8 Å². The van der Waals surface area contributed by atoms with Gasteiger partial charge in [-0.3, -0.25) is 14.9 Å². The van der Waals surface area contributed by atoms with E-state index in [1.807, 2.05) is 12.3 Å². The van der Waals surface area contributed by atoms with Crippen molar-refractivity contribution in [3.63, 3.8) is 0 Å². The van der Waals surface area contributed by atoms with Gasteiger partial charge in [0.1, 0.15) is 17.2 Å². The first kappa shape index (κ1) is 24.2. The number of ether oxygens (including phenoxy) is 2. The van der Waals surface area contributed by atoms with Crippen LogP contribution in [0.15, 0.2) is 52.7 Å². The van der Waals surface area contributed by atoms with Gasteiger partial charge in [-0.15, -0.1) is 11.3 Å². The van der Waals surface area contributed by atoms with E-state index in [9.17, 15) is 18.0 Å². The average molecular weight is 490 g/mol. The number of sulfone groups is 1. The lowest BCUT2D eigenvalue weighted by atomic mass is 10.2. The number of thiazole rings is 1. The molecule has 174 valence electrons. The third-order valence-corrected chi connectivity index (χ3v) is 6.40. The maximum atomic E-state index is 12.8. The lowest BCUT2D eigenvalue weighted by Gasteiger charge is -2.16. The van der Waals surface area contributed by atoms with Crippen LogP contribution in [0.4, 0.5) is 5.13 Å². The van der Waals surface area contributed by atoms with Crippen molar-refractivity contribution in [3.8, 4) is 17.2 Å². The lowest BCUT2D eigenvalue weighted by Crippen LogP contribution is -2.33. The molecule has 0 spiro atoms. The number of likely N-dealkylation sites (N-methyl/N-ethyl adjacent to an activating group) is 1. The Morgan fingerprint density at radius 2 is 1.73 bits per heavy atom. The minimum Gasteiger partial charge on any atom is -0.481 e. The van der Waals surface area contributed by atoms with Crippen molar-refractivity contribution >= 4 is 38.1 Å². The molecule has 0 saturated heterocycles. The molecule has 2 amide bonds. The predicted molar refractivity (Wildman–Crippen MR) is 125 cm³/mol. The molecule has 0 bridgehead atoms.